The van der Waals surface area contributed by atoms with Crippen molar-refractivity contribution in [3.8, 4) is 0 Å². The van der Waals surface area contributed by atoms with Gasteiger partial charge in [-0.05, 0) is 48.9 Å². The topological polar surface area (TPSA) is 20.2 Å². The van der Waals surface area contributed by atoms with Crippen LogP contribution in [0, 0.1) is 17.5 Å². The Labute approximate surface area is 113 Å². The maximum Gasteiger partial charge on any atom is 0.137 e. The molecule has 2 aromatic carbocycles. The largest absolute Gasteiger partial charge is 0.389 e. The minimum absolute atomic E-state index is 0.0912. The molecule has 0 spiro atoms. The molecule has 1 nitrogen and oxygen atoms in total. The van der Waals surface area contributed by atoms with Gasteiger partial charge in [-0.25, -0.2) is 13.2 Å². The minimum atomic E-state index is -0.894. The summed E-state index contributed by atoms with van der Waals surface area (Å²) in [5, 5.41) is 9.58. The van der Waals surface area contributed by atoms with Crippen LogP contribution in [0.1, 0.15) is 18.6 Å². The lowest BCUT2D eigenvalue weighted by atomic mass is 10.1. The van der Waals surface area contributed by atoms with Gasteiger partial charge in [0.2, 0.25) is 0 Å². The maximum absolute atomic E-state index is 13.5. The lowest BCUT2D eigenvalue weighted by Gasteiger charge is -2.12. The van der Waals surface area contributed by atoms with Crippen molar-refractivity contribution in [2.45, 2.75) is 22.8 Å². The molecule has 19 heavy (non-hydrogen) atoms. The lowest BCUT2D eigenvalue weighted by molar-refractivity contribution is 0.196. The number of hydrogen-bond acceptors (Lipinski definition) is 2. The summed E-state index contributed by atoms with van der Waals surface area (Å²) in [5.41, 5.74) is 0.341. The van der Waals surface area contributed by atoms with E-state index in [0.717, 1.165) is 30.0 Å². The first-order valence-corrected chi connectivity index (χ1v) is 6.39. The van der Waals surface area contributed by atoms with Crippen LogP contribution in [0.4, 0.5) is 13.2 Å². The molecule has 0 aliphatic carbocycles. The Kier molecular flexibility index (Phi) is 4.17. The molecule has 0 unspecified atom stereocenters. The van der Waals surface area contributed by atoms with Crippen molar-refractivity contribution >= 4 is 11.8 Å². The molecule has 0 saturated heterocycles. The zero-order chi connectivity index (χ0) is 14.0. The predicted molar refractivity (Wildman–Crippen MR) is 67.5 cm³/mol. The summed E-state index contributed by atoms with van der Waals surface area (Å²) in [6.07, 6.45) is -0.894. The van der Waals surface area contributed by atoms with E-state index in [-0.39, 0.29) is 4.90 Å². The Morgan fingerprint density at radius 1 is 0.947 bits per heavy atom. The second kappa shape index (κ2) is 5.67. The van der Waals surface area contributed by atoms with Gasteiger partial charge in [0.1, 0.15) is 17.5 Å². The Balaban J connectivity index is 2.40. The molecule has 0 aliphatic heterocycles. The molecule has 0 aromatic heterocycles. The van der Waals surface area contributed by atoms with Gasteiger partial charge in [0.15, 0.2) is 0 Å². The molecule has 0 bridgehead atoms. The van der Waals surface area contributed by atoms with E-state index in [2.05, 4.69) is 0 Å². The zero-order valence-corrected chi connectivity index (χ0v) is 10.8. The maximum atomic E-state index is 13.5. The van der Waals surface area contributed by atoms with Crippen molar-refractivity contribution in [3.05, 3.63) is 59.4 Å². The number of halogens is 3. The molecule has 2 rings (SSSR count). The summed E-state index contributed by atoms with van der Waals surface area (Å²) in [7, 11) is 0. The number of benzene rings is 2. The highest BCUT2D eigenvalue weighted by atomic mass is 32.2. The van der Waals surface area contributed by atoms with Gasteiger partial charge >= 0.3 is 0 Å². The Hall–Kier alpha value is -1.46. The fourth-order valence-electron chi connectivity index (χ4n) is 1.61. The van der Waals surface area contributed by atoms with E-state index in [4.69, 9.17) is 0 Å². The second-order valence-corrected chi connectivity index (χ2v) is 5.12. The number of aliphatic hydroxyl groups is 1. The summed E-state index contributed by atoms with van der Waals surface area (Å²) >= 11 is 0.950. The molecular weight excluding hydrogens is 273 g/mol. The third kappa shape index (κ3) is 3.30. The highest BCUT2D eigenvalue weighted by Gasteiger charge is 2.13. The minimum Gasteiger partial charge on any atom is -0.389 e. The summed E-state index contributed by atoms with van der Waals surface area (Å²) < 4.78 is 39.8. The average Bonchev–Trinajstić information content (AvgIpc) is 2.35. The van der Waals surface area contributed by atoms with Gasteiger partial charge in [-0.1, -0.05) is 11.8 Å². The zero-order valence-electron chi connectivity index (χ0n) is 10.0. The molecule has 0 aliphatic rings. The molecule has 0 saturated carbocycles. The first-order chi connectivity index (χ1) is 8.97. The van der Waals surface area contributed by atoms with E-state index in [9.17, 15) is 18.3 Å². The molecule has 0 radical (unpaired) electrons. The smallest absolute Gasteiger partial charge is 0.137 e. The monoisotopic (exact) mass is 284 g/mol. The first kappa shape index (κ1) is 14.0. The van der Waals surface area contributed by atoms with Crippen molar-refractivity contribution < 1.29 is 18.3 Å². The number of rotatable bonds is 3. The van der Waals surface area contributed by atoms with E-state index in [1.807, 2.05) is 0 Å². The molecule has 1 N–H and O–H groups in total. The van der Waals surface area contributed by atoms with Crippen molar-refractivity contribution in [1.29, 1.82) is 0 Å². The highest BCUT2D eigenvalue weighted by molar-refractivity contribution is 7.99. The Morgan fingerprint density at radius 3 is 2.26 bits per heavy atom. The molecular formula is C14H11F3OS. The van der Waals surface area contributed by atoms with Crippen LogP contribution in [0.2, 0.25) is 0 Å². The number of hydrogen-bond donors (Lipinski definition) is 1. The molecule has 0 amide bonds. The van der Waals surface area contributed by atoms with Gasteiger partial charge in [-0.2, -0.15) is 0 Å². The van der Waals surface area contributed by atoms with Crippen LogP contribution in [-0.4, -0.2) is 5.11 Å². The summed E-state index contributed by atoms with van der Waals surface area (Å²) in [6, 6.07) is 6.96. The molecule has 1 atom stereocenters. The third-order valence-electron chi connectivity index (χ3n) is 2.54. The Morgan fingerprint density at radius 2 is 1.58 bits per heavy atom. The van der Waals surface area contributed by atoms with E-state index >= 15 is 0 Å². The molecule has 100 valence electrons. The van der Waals surface area contributed by atoms with Crippen LogP contribution < -0.4 is 0 Å². The van der Waals surface area contributed by atoms with Crippen LogP contribution in [-0.2, 0) is 0 Å². The highest BCUT2D eigenvalue weighted by Crippen LogP contribution is 2.35. The molecule has 0 heterocycles. The number of aliphatic hydroxyl groups excluding tert-OH is 1. The third-order valence-corrected chi connectivity index (χ3v) is 3.66. The van der Waals surface area contributed by atoms with Crippen LogP contribution >= 0.6 is 11.8 Å². The Bertz CT molecular complexity index is 599. The lowest BCUT2D eigenvalue weighted by Crippen LogP contribution is -1.96. The average molecular weight is 284 g/mol. The molecule has 0 fully saturated rings. The normalized spacial score (nSPS) is 12.5. The summed E-state index contributed by atoms with van der Waals surface area (Å²) in [4.78, 5) is 0.578. The SMILES string of the molecule is C[C@@H](O)c1cc(F)ccc1Sc1cc(F)ccc1F. The fraction of sp³-hybridized carbons (Fsp3) is 0.143. The molecule has 2 aromatic rings. The quantitative estimate of drug-likeness (QED) is 0.906. The van der Waals surface area contributed by atoms with Crippen molar-refractivity contribution in [1.82, 2.24) is 0 Å². The van der Waals surface area contributed by atoms with Crippen molar-refractivity contribution in [2.75, 3.05) is 0 Å². The standard InChI is InChI=1S/C14H11F3OS/c1-8(18)11-6-9(15)3-5-13(11)19-14-7-10(16)2-4-12(14)17/h2-8,18H,1H3/t8-/m1/s1. The van der Waals surface area contributed by atoms with Gasteiger partial charge < -0.3 is 5.11 Å². The summed E-state index contributed by atoms with van der Waals surface area (Å²) in [5.74, 6) is -1.60. The van der Waals surface area contributed by atoms with Gasteiger partial charge in [-0.3, -0.25) is 0 Å². The van der Waals surface area contributed by atoms with Crippen molar-refractivity contribution in [2.24, 2.45) is 0 Å². The predicted octanol–water partition coefficient (Wildman–Crippen LogP) is 4.31. The van der Waals surface area contributed by atoms with Crippen LogP contribution in [0.5, 0.6) is 0 Å². The fourth-order valence-corrected chi connectivity index (χ4v) is 2.67. The van der Waals surface area contributed by atoms with Gasteiger partial charge in [0.25, 0.3) is 0 Å². The van der Waals surface area contributed by atoms with Crippen molar-refractivity contribution in [3.63, 3.8) is 0 Å². The van der Waals surface area contributed by atoms with Crippen LogP contribution in [0.15, 0.2) is 46.2 Å². The van der Waals surface area contributed by atoms with Gasteiger partial charge in [-0.15, -0.1) is 0 Å². The van der Waals surface area contributed by atoms with Gasteiger partial charge in [0, 0.05) is 4.90 Å². The van der Waals surface area contributed by atoms with Gasteiger partial charge in [0.05, 0.1) is 11.0 Å². The van der Waals surface area contributed by atoms with Crippen LogP contribution in [0.25, 0.3) is 0 Å². The summed E-state index contributed by atoms with van der Waals surface area (Å²) in [6.45, 7) is 1.49. The first-order valence-electron chi connectivity index (χ1n) is 5.58. The molecule has 5 heteroatoms. The van der Waals surface area contributed by atoms with E-state index in [1.165, 1.54) is 25.1 Å². The van der Waals surface area contributed by atoms with E-state index < -0.39 is 23.6 Å². The van der Waals surface area contributed by atoms with Crippen LogP contribution in [0.3, 0.4) is 0 Å². The van der Waals surface area contributed by atoms with E-state index in [1.54, 1.807) is 0 Å². The second-order valence-electron chi connectivity index (χ2n) is 4.03. The van der Waals surface area contributed by atoms with E-state index in [0.29, 0.717) is 10.5 Å².